The van der Waals surface area contributed by atoms with Gasteiger partial charge in [0.15, 0.2) is 0 Å². The molecule has 3 nitrogen and oxygen atoms in total. The Bertz CT molecular complexity index is 991. The summed E-state index contributed by atoms with van der Waals surface area (Å²) in [5, 5.41) is 1.56. The van der Waals surface area contributed by atoms with Crippen LogP contribution in [-0.2, 0) is 0 Å². The first kappa shape index (κ1) is 18.0. The molecule has 0 radical (unpaired) electrons. The van der Waals surface area contributed by atoms with Gasteiger partial charge in [0, 0.05) is 29.1 Å². The molecule has 0 N–H and O–H groups in total. The minimum absolute atomic E-state index is 0.0929. The maximum absolute atomic E-state index is 13.4. The quantitative estimate of drug-likeness (QED) is 0.575. The van der Waals surface area contributed by atoms with Crippen LogP contribution in [0.15, 0.2) is 54.6 Å². The van der Waals surface area contributed by atoms with Crippen molar-refractivity contribution in [3.8, 4) is 11.3 Å². The van der Waals surface area contributed by atoms with Crippen molar-refractivity contribution in [3.05, 3.63) is 65.2 Å². The van der Waals surface area contributed by atoms with Crippen molar-refractivity contribution in [2.45, 2.75) is 20.3 Å². The molecule has 0 unspecified atom stereocenters. The lowest BCUT2D eigenvalue weighted by Gasteiger charge is -2.35. The number of hydrogen-bond acceptors (Lipinski definition) is 2. The molecule has 3 aromatic rings. The number of fused-ring (bicyclic) bond motifs is 1. The Morgan fingerprint density at radius 2 is 1.78 bits per heavy atom. The monoisotopic (exact) mass is 378 g/mol. The third-order valence-electron chi connectivity index (χ3n) is 5.22. The number of piperidine rings is 1. The van der Waals surface area contributed by atoms with Gasteiger partial charge in [-0.05, 0) is 42.5 Å². The molecule has 0 aliphatic carbocycles. The van der Waals surface area contributed by atoms with Crippen LogP contribution in [-0.4, -0.2) is 28.9 Å². The van der Waals surface area contributed by atoms with Crippen LogP contribution in [0.2, 0.25) is 5.02 Å². The van der Waals surface area contributed by atoms with E-state index in [2.05, 4.69) is 13.8 Å². The molecule has 2 heterocycles. The summed E-state index contributed by atoms with van der Waals surface area (Å²) in [4.78, 5) is 20.2. The number of halogens is 1. The van der Waals surface area contributed by atoms with Gasteiger partial charge >= 0.3 is 0 Å². The second-order valence-electron chi connectivity index (χ2n) is 7.74. The number of para-hydroxylation sites is 1. The summed E-state index contributed by atoms with van der Waals surface area (Å²) in [5.74, 6) is 1.15. The Morgan fingerprint density at radius 3 is 2.52 bits per heavy atom. The summed E-state index contributed by atoms with van der Waals surface area (Å²) in [6.07, 6.45) is 1.18. The second-order valence-corrected chi connectivity index (χ2v) is 8.18. The van der Waals surface area contributed by atoms with Gasteiger partial charge in [0.1, 0.15) is 0 Å². The van der Waals surface area contributed by atoms with E-state index in [0.29, 0.717) is 16.9 Å². The number of amides is 1. The lowest BCUT2D eigenvalue weighted by molar-refractivity contribution is 0.0625. The van der Waals surface area contributed by atoms with Gasteiger partial charge in [-0.1, -0.05) is 55.8 Å². The molecule has 138 valence electrons. The normalized spacial score (nSPS) is 20.0. The predicted octanol–water partition coefficient (Wildman–Crippen LogP) is 5.67. The molecule has 1 saturated heterocycles. The fourth-order valence-electron chi connectivity index (χ4n) is 4.15. The van der Waals surface area contributed by atoms with Crippen LogP contribution >= 0.6 is 11.6 Å². The number of nitrogens with zero attached hydrogens (tertiary/aromatic N) is 2. The van der Waals surface area contributed by atoms with E-state index >= 15 is 0 Å². The van der Waals surface area contributed by atoms with Crippen LogP contribution in [0.25, 0.3) is 22.2 Å². The van der Waals surface area contributed by atoms with Crippen molar-refractivity contribution < 1.29 is 4.79 Å². The molecular formula is C23H23ClN2O. The molecule has 0 spiro atoms. The van der Waals surface area contributed by atoms with E-state index in [0.717, 1.165) is 40.8 Å². The molecule has 2 aromatic carbocycles. The number of carbonyl (C=O) groups excluding carboxylic acids is 1. The van der Waals surface area contributed by atoms with E-state index in [1.54, 1.807) is 0 Å². The zero-order valence-corrected chi connectivity index (χ0v) is 16.4. The van der Waals surface area contributed by atoms with Gasteiger partial charge in [0.2, 0.25) is 0 Å². The van der Waals surface area contributed by atoms with Gasteiger partial charge in [-0.25, -0.2) is 4.98 Å². The first-order valence-electron chi connectivity index (χ1n) is 9.46. The van der Waals surface area contributed by atoms with Crippen LogP contribution in [0.1, 0.15) is 30.6 Å². The number of carbonyl (C=O) groups is 1. The van der Waals surface area contributed by atoms with Crippen molar-refractivity contribution in [1.29, 1.82) is 0 Å². The van der Waals surface area contributed by atoms with Crippen LogP contribution in [0.3, 0.4) is 0 Å². The smallest absolute Gasteiger partial charge is 0.254 e. The number of aromatic nitrogens is 1. The molecular weight excluding hydrogens is 356 g/mol. The van der Waals surface area contributed by atoms with Gasteiger partial charge in [-0.15, -0.1) is 0 Å². The number of rotatable bonds is 2. The number of hydrogen-bond donors (Lipinski definition) is 0. The Morgan fingerprint density at radius 1 is 1.04 bits per heavy atom. The molecule has 27 heavy (non-hydrogen) atoms. The second kappa shape index (κ2) is 7.32. The Hall–Kier alpha value is -2.39. The van der Waals surface area contributed by atoms with E-state index in [9.17, 15) is 4.79 Å². The highest BCUT2D eigenvalue weighted by molar-refractivity contribution is 6.30. The molecule has 1 amide bonds. The fraction of sp³-hybridized carbons (Fsp3) is 0.304. The molecule has 4 heteroatoms. The van der Waals surface area contributed by atoms with Crippen molar-refractivity contribution in [3.63, 3.8) is 0 Å². The Labute approximate surface area is 165 Å². The lowest BCUT2D eigenvalue weighted by atomic mass is 9.91. The first-order valence-corrected chi connectivity index (χ1v) is 9.84. The SMILES string of the molecule is C[C@@H]1C[C@H](C)CN(C(=O)c2cc(-c3cccc(Cl)c3)nc3ccccc23)C1. The van der Waals surface area contributed by atoms with Gasteiger partial charge in [0.25, 0.3) is 5.91 Å². The number of likely N-dealkylation sites (tertiary alicyclic amines) is 1. The molecule has 2 atom stereocenters. The highest BCUT2D eigenvalue weighted by atomic mass is 35.5. The van der Waals surface area contributed by atoms with Gasteiger partial charge < -0.3 is 4.90 Å². The van der Waals surface area contributed by atoms with E-state index in [1.807, 2.05) is 59.5 Å². The molecule has 1 aliphatic heterocycles. The van der Waals surface area contributed by atoms with Crippen molar-refractivity contribution in [1.82, 2.24) is 9.88 Å². The summed E-state index contributed by atoms with van der Waals surface area (Å²) in [7, 11) is 0. The molecule has 4 rings (SSSR count). The average Bonchev–Trinajstić information content (AvgIpc) is 2.66. The average molecular weight is 379 g/mol. The third-order valence-corrected chi connectivity index (χ3v) is 5.46. The zero-order valence-electron chi connectivity index (χ0n) is 15.7. The highest BCUT2D eigenvalue weighted by Gasteiger charge is 2.27. The molecule has 1 fully saturated rings. The third kappa shape index (κ3) is 3.70. The summed E-state index contributed by atoms with van der Waals surface area (Å²) in [5.41, 5.74) is 3.24. The number of pyridine rings is 1. The standard InChI is InChI=1S/C23H23ClN2O/c1-15-10-16(2)14-26(13-15)23(27)20-12-22(17-6-5-7-18(24)11-17)25-21-9-4-3-8-19(20)21/h3-9,11-12,15-16H,10,13-14H2,1-2H3/t15-,16+. The summed E-state index contributed by atoms with van der Waals surface area (Å²) in [6, 6.07) is 17.4. The minimum atomic E-state index is 0.0929. The van der Waals surface area contributed by atoms with Crippen LogP contribution < -0.4 is 0 Å². The van der Waals surface area contributed by atoms with Crippen LogP contribution in [0.4, 0.5) is 0 Å². The highest BCUT2D eigenvalue weighted by Crippen LogP contribution is 2.29. The van der Waals surface area contributed by atoms with Gasteiger partial charge in [-0.2, -0.15) is 0 Å². The summed E-state index contributed by atoms with van der Waals surface area (Å²) in [6.45, 7) is 6.06. The van der Waals surface area contributed by atoms with E-state index in [4.69, 9.17) is 16.6 Å². The van der Waals surface area contributed by atoms with Crippen LogP contribution in [0.5, 0.6) is 0 Å². The fourth-order valence-corrected chi connectivity index (χ4v) is 4.34. The van der Waals surface area contributed by atoms with Crippen molar-refractivity contribution in [2.75, 3.05) is 13.1 Å². The minimum Gasteiger partial charge on any atom is -0.338 e. The van der Waals surface area contributed by atoms with Crippen molar-refractivity contribution >= 4 is 28.4 Å². The summed E-state index contributed by atoms with van der Waals surface area (Å²) >= 11 is 6.17. The van der Waals surface area contributed by atoms with E-state index in [1.165, 1.54) is 6.42 Å². The largest absolute Gasteiger partial charge is 0.338 e. The van der Waals surface area contributed by atoms with E-state index < -0.39 is 0 Å². The molecule has 1 aromatic heterocycles. The zero-order chi connectivity index (χ0) is 19.0. The topological polar surface area (TPSA) is 33.2 Å². The Kier molecular flexibility index (Phi) is 4.88. The first-order chi connectivity index (χ1) is 13.0. The van der Waals surface area contributed by atoms with Gasteiger partial charge in [-0.3, -0.25) is 4.79 Å². The van der Waals surface area contributed by atoms with E-state index in [-0.39, 0.29) is 5.91 Å². The summed E-state index contributed by atoms with van der Waals surface area (Å²) < 4.78 is 0. The lowest BCUT2D eigenvalue weighted by Crippen LogP contribution is -2.42. The Balaban J connectivity index is 1.82. The van der Waals surface area contributed by atoms with Crippen molar-refractivity contribution in [2.24, 2.45) is 11.8 Å². The maximum Gasteiger partial charge on any atom is 0.254 e. The molecule has 0 saturated carbocycles. The maximum atomic E-state index is 13.4. The number of benzene rings is 2. The predicted molar refractivity (Wildman–Crippen MR) is 111 cm³/mol. The molecule has 1 aliphatic rings. The molecule has 0 bridgehead atoms. The van der Waals surface area contributed by atoms with Gasteiger partial charge in [0.05, 0.1) is 16.8 Å². The van der Waals surface area contributed by atoms with Crippen LogP contribution in [0, 0.1) is 11.8 Å².